The van der Waals surface area contributed by atoms with Crippen LogP contribution in [-0.4, -0.2) is 28.9 Å². The first-order valence-corrected chi connectivity index (χ1v) is 8.86. The highest BCUT2D eigenvalue weighted by Gasteiger charge is 2.22. The van der Waals surface area contributed by atoms with Crippen molar-refractivity contribution in [2.45, 2.75) is 32.0 Å². The standard InChI is InChI=1S/C21H23N3O3.ClH/c1-14(21(26)27-13-15-7-3-2-4-8-15)24-20(25)18(22)11-16-12-23-19-10-6-5-9-17(16)19;/h2-10,12,14,18,23H,11,13,22H2,1H3,(H,24,25);1H/t14-,18-;/m0./s1. The van der Waals surface area contributed by atoms with Crippen LogP contribution in [0.25, 0.3) is 10.9 Å². The van der Waals surface area contributed by atoms with Gasteiger partial charge in [0.05, 0.1) is 6.04 Å². The number of aromatic nitrogens is 1. The van der Waals surface area contributed by atoms with Crippen LogP contribution in [0.3, 0.4) is 0 Å². The summed E-state index contributed by atoms with van der Waals surface area (Å²) in [6.07, 6.45) is 2.23. The van der Waals surface area contributed by atoms with E-state index in [4.69, 9.17) is 10.5 Å². The predicted octanol–water partition coefficient (Wildman–Crippen LogP) is 2.71. The molecular weight excluding hydrogens is 378 g/mol. The van der Waals surface area contributed by atoms with E-state index in [2.05, 4.69) is 10.3 Å². The third-order valence-electron chi connectivity index (χ3n) is 4.39. The zero-order valence-electron chi connectivity index (χ0n) is 15.6. The Bertz CT molecular complexity index is 927. The Balaban J connectivity index is 0.00000280. The smallest absolute Gasteiger partial charge is 0.328 e. The lowest BCUT2D eigenvalue weighted by atomic mass is 10.0. The number of aromatic amines is 1. The Morgan fingerprint density at radius 3 is 2.54 bits per heavy atom. The van der Waals surface area contributed by atoms with Gasteiger partial charge in [0.15, 0.2) is 0 Å². The number of halogens is 1. The Morgan fingerprint density at radius 1 is 1.11 bits per heavy atom. The normalized spacial score (nSPS) is 12.6. The molecule has 0 spiro atoms. The summed E-state index contributed by atoms with van der Waals surface area (Å²) in [5.41, 5.74) is 8.89. The Hall–Kier alpha value is -2.83. The molecule has 2 aromatic carbocycles. The Kier molecular flexibility index (Phi) is 7.61. The number of para-hydroxylation sites is 1. The molecule has 148 valence electrons. The van der Waals surface area contributed by atoms with E-state index < -0.39 is 18.1 Å². The summed E-state index contributed by atoms with van der Waals surface area (Å²) in [4.78, 5) is 27.6. The monoisotopic (exact) mass is 401 g/mol. The third-order valence-corrected chi connectivity index (χ3v) is 4.39. The number of nitrogens with one attached hydrogen (secondary N) is 2. The summed E-state index contributed by atoms with van der Waals surface area (Å²) in [6.45, 7) is 1.75. The molecule has 28 heavy (non-hydrogen) atoms. The molecule has 3 rings (SSSR count). The Labute approximate surface area is 169 Å². The van der Waals surface area contributed by atoms with Crippen molar-refractivity contribution in [2.24, 2.45) is 5.73 Å². The molecule has 0 aliphatic rings. The first-order valence-electron chi connectivity index (χ1n) is 8.86. The van der Waals surface area contributed by atoms with E-state index in [1.54, 1.807) is 6.92 Å². The van der Waals surface area contributed by atoms with Gasteiger partial charge in [0.2, 0.25) is 5.91 Å². The van der Waals surface area contributed by atoms with Crippen LogP contribution >= 0.6 is 12.4 Å². The van der Waals surface area contributed by atoms with Crippen molar-refractivity contribution >= 4 is 35.2 Å². The minimum Gasteiger partial charge on any atom is -0.459 e. The maximum absolute atomic E-state index is 12.3. The second kappa shape index (κ2) is 9.92. The van der Waals surface area contributed by atoms with Gasteiger partial charge in [0.1, 0.15) is 12.6 Å². The van der Waals surface area contributed by atoms with Crippen LogP contribution in [0.5, 0.6) is 0 Å². The van der Waals surface area contributed by atoms with Gasteiger partial charge in [-0.25, -0.2) is 4.79 Å². The van der Waals surface area contributed by atoms with Gasteiger partial charge in [0.25, 0.3) is 0 Å². The number of hydrogen-bond donors (Lipinski definition) is 3. The second-order valence-electron chi connectivity index (χ2n) is 6.49. The number of hydrogen-bond acceptors (Lipinski definition) is 4. The van der Waals surface area contributed by atoms with E-state index in [0.717, 1.165) is 22.0 Å². The largest absolute Gasteiger partial charge is 0.459 e. The van der Waals surface area contributed by atoms with E-state index >= 15 is 0 Å². The molecule has 0 saturated carbocycles. The van der Waals surface area contributed by atoms with E-state index in [-0.39, 0.29) is 24.9 Å². The number of H-pyrrole nitrogens is 1. The summed E-state index contributed by atoms with van der Waals surface area (Å²) in [5, 5.41) is 3.67. The molecule has 1 aromatic heterocycles. The number of benzene rings is 2. The van der Waals surface area contributed by atoms with Gasteiger partial charge >= 0.3 is 5.97 Å². The number of carbonyl (C=O) groups excluding carboxylic acids is 2. The van der Waals surface area contributed by atoms with E-state index in [1.165, 1.54) is 0 Å². The fourth-order valence-corrected chi connectivity index (χ4v) is 2.86. The van der Waals surface area contributed by atoms with Crippen LogP contribution in [-0.2, 0) is 27.4 Å². The third kappa shape index (κ3) is 5.34. The van der Waals surface area contributed by atoms with Crippen LogP contribution in [0.1, 0.15) is 18.1 Å². The summed E-state index contributed by atoms with van der Waals surface area (Å²) >= 11 is 0. The molecule has 1 amide bonds. The number of fused-ring (bicyclic) bond motifs is 1. The lowest BCUT2D eigenvalue weighted by molar-refractivity contribution is -0.148. The topological polar surface area (TPSA) is 97.2 Å². The van der Waals surface area contributed by atoms with Gasteiger partial charge in [-0.15, -0.1) is 12.4 Å². The molecule has 0 fully saturated rings. The molecule has 1 heterocycles. The zero-order chi connectivity index (χ0) is 19.2. The quantitative estimate of drug-likeness (QED) is 0.530. The van der Waals surface area contributed by atoms with Crippen LogP contribution in [0.2, 0.25) is 0 Å². The maximum atomic E-state index is 12.3. The number of rotatable bonds is 7. The average Bonchev–Trinajstić information content (AvgIpc) is 3.09. The molecule has 3 aromatic rings. The highest BCUT2D eigenvalue weighted by molar-refractivity contribution is 5.89. The fraction of sp³-hybridized carbons (Fsp3) is 0.238. The molecule has 2 atom stereocenters. The van der Waals surface area contributed by atoms with Crippen molar-refractivity contribution in [1.82, 2.24) is 10.3 Å². The number of esters is 1. The van der Waals surface area contributed by atoms with Crippen molar-refractivity contribution < 1.29 is 14.3 Å². The zero-order valence-corrected chi connectivity index (χ0v) is 16.4. The summed E-state index contributed by atoms with van der Waals surface area (Å²) in [5.74, 6) is -0.879. The van der Waals surface area contributed by atoms with Gasteiger partial charge in [-0.1, -0.05) is 48.5 Å². The van der Waals surface area contributed by atoms with Crippen LogP contribution < -0.4 is 11.1 Å². The molecule has 0 aliphatic heterocycles. The molecule has 0 saturated heterocycles. The number of nitrogens with two attached hydrogens (primary N) is 1. The minimum atomic E-state index is -0.768. The highest BCUT2D eigenvalue weighted by atomic mass is 35.5. The molecule has 0 aliphatic carbocycles. The van der Waals surface area contributed by atoms with Crippen molar-refractivity contribution in [1.29, 1.82) is 0 Å². The van der Waals surface area contributed by atoms with Crippen LogP contribution in [0.15, 0.2) is 60.8 Å². The van der Waals surface area contributed by atoms with Gasteiger partial charge in [-0.3, -0.25) is 4.79 Å². The van der Waals surface area contributed by atoms with Crippen molar-refractivity contribution in [3.8, 4) is 0 Å². The number of ether oxygens (including phenoxy) is 1. The van der Waals surface area contributed by atoms with Gasteiger partial charge < -0.3 is 20.8 Å². The van der Waals surface area contributed by atoms with E-state index in [9.17, 15) is 9.59 Å². The second-order valence-corrected chi connectivity index (χ2v) is 6.49. The Morgan fingerprint density at radius 2 is 1.79 bits per heavy atom. The summed E-state index contributed by atoms with van der Waals surface area (Å²) in [7, 11) is 0. The highest BCUT2D eigenvalue weighted by Crippen LogP contribution is 2.18. The first kappa shape index (κ1) is 21.5. The van der Waals surface area contributed by atoms with Crippen LogP contribution in [0.4, 0.5) is 0 Å². The molecule has 0 radical (unpaired) electrons. The molecular formula is C21H24ClN3O3. The minimum absolute atomic E-state index is 0. The number of carbonyl (C=O) groups is 2. The molecule has 6 nitrogen and oxygen atoms in total. The maximum Gasteiger partial charge on any atom is 0.328 e. The SMILES string of the molecule is C[C@H](NC(=O)[C@@H](N)Cc1c[nH]c2ccccc12)C(=O)OCc1ccccc1.Cl. The van der Waals surface area contributed by atoms with Gasteiger partial charge in [-0.05, 0) is 30.5 Å². The predicted molar refractivity (Wildman–Crippen MR) is 111 cm³/mol. The molecule has 0 bridgehead atoms. The van der Waals surface area contributed by atoms with E-state index in [0.29, 0.717) is 6.42 Å². The van der Waals surface area contributed by atoms with Crippen molar-refractivity contribution in [3.63, 3.8) is 0 Å². The molecule has 0 unspecified atom stereocenters. The van der Waals surface area contributed by atoms with Crippen LogP contribution in [0, 0.1) is 0 Å². The summed E-state index contributed by atoms with van der Waals surface area (Å²) in [6, 6.07) is 15.7. The molecule has 4 N–H and O–H groups in total. The van der Waals surface area contributed by atoms with Gasteiger partial charge in [0, 0.05) is 17.1 Å². The van der Waals surface area contributed by atoms with Crippen molar-refractivity contribution in [3.05, 3.63) is 71.9 Å². The van der Waals surface area contributed by atoms with E-state index in [1.807, 2.05) is 60.8 Å². The lowest BCUT2D eigenvalue weighted by Gasteiger charge is -2.17. The molecule has 7 heteroatoms. The average molecular weight is 402 g/mol. The number of amides is 1. The fourth-order valence-electron chi connectivity index (χ4n) is 2.86. The summed E-state index contributed by atoms with van der Waals surface area (Å²) < 4.78 is 5.23. The van der Waals surface area contributed by atoms with Crippen molar-refractivity contribution in [2.75, 3.05) is 0 Å². The first-order chi connectivity index (χ1) is 13.0. The lowest BCUT2D eigenvalue weighted by Crippen LogP contribution is -2.48. The van der Waals surface area contributed by atoms with Gasteiger partial charge in [-0.2, -0.15) is 0 Å².